The number of hydrogen-bond donors (Lipinski definition) is 0. The van der Waals surface area contributed by atoms with E-state index >= 15 is 0 Å². The van der Waals surface area contributed by atoms with Gasteiger partial charge in [0.25, 0.3) is 0 Å². The van der Waals surface area contributed by atoms with Crippen LogP contribution in [0.25, 0.3) is 0 Å². The normalized spacial score (nSPS) is 10.2. The molecule has 0 aliphatic rings. The zero-order valence-electron chi connectivity index (χ0n) is 7.12. The van der Waals surface area contributed by atoms with Crippen molar-refractivity contribution < 1.29 is 170 Å². The Bertz CT molecular complexity index is 341. The molecule has 0 aromatic heterocycles. The summed E-state index contributed by atoms with van der Waals surface area (Å²) < 4.78 is 103. The van der Waals surface area contributed by atoms with Gasteiger partial charge in [-0.25, -0.2) is 0 Å². The maximum atomic E-state index is 8.59. The molecule has 0 heterocycles. The van der Waals surface area contributed by atoms with E-state index in [0.29, 0.717) is 0 Å². The average molecular weight is 636 g/mol. The van der Waals surface area contributed by atoms with Crippen LogP contribution < -0.4 is 24.9 Å². The van der Waals surface area contributed by atoms with E-state index in [4.69, 9.17) is 47.8 Å². The minimum atomic E-state index is -5.75. The molecule has 0 aliphatic carbocycles. The van der Waals surface area contributed by atoms with Crippen LogP contribution in [0.15, 0.2) is 0 Å². The fraction of sp³-hybridized carbons (Fsp3) is 0. The molecular weight excluding hydrogens is 636 g/mol. The van der Waals surface area contributed by atoms with E-state index in [1.807, 2.05) is 0 Å². The zero-order chi connectivity index (χ0) is 13.5. The first-order valence-corrected chi connectivity index (χ1v) is 8.25. The van der Waals surface area contributed by atoms with Gasteiger partial charge in [-0.2, -0.15) is 0 Å². The van der Waals surface area contributed by atoms with Gasteiger partial charge >= 0.3 is 170 Å². The first kappa shape index (κ1) is 32.0. The predicted molar refractivity (Wildman–Crippen MR) is 4.12 cm³/mol. The Morgan fingerprint density at radius 2 is 0.412 bits per heavy atom. The van der Waals surface area contributed by atoms with E-state index in [1.165, 1.54) is 0 Å². The first-order chi connectivity index (χ1) is 6.00. The second-order valence-electron chi connectivity index (χ2n) is 1.22. The molecule has 0 spiro atoms. The van der Waals surface area contributed by atoms with E-state index < -0.39 is 40.8 Å². The average Bonchev–Trinajstić information content (AvgIpc) is 1.41. The summed E-state index contributed by atoms with van der Waals surface area (Å²) in [6.45, 7) is 0. The van der Waals surface area contributed by atoms with Gasteiger partial charge < -0.3 is 0 Å². The summed E-state index contributed by atoms with van der Waals surface area (Å²) >= 11 is -17.2. The van der Waals surface area contributed by atoms with E-state index in [2.05, 4.69) is 0 Å². The van der Waals surface area contributed by atoms with Crippen molar-refractivity contribution in [2.45, 2.75) is 0 Å². The van der Waals surface area contributed by atoms with Crippen LogP contribution in [0.5, 0.6) is 0 Å². The molecule has 17 heavy (non-hydrogen) atoms. The molecule has 12 nitrogen and oxygen atoms in total. The summed E-state index contributed by atoms with van der Waals surface area (Å²) in [5, 5.41) is 0. The minimum absolute atomic E-state index is 0. The topological polar surface area (TPSA) is 241 Å². The molecule has 2 radical (unpaired) electrons. The van der Waals surface area contributed by atoms with Gasteiger partial charge in [-0.15, -0.1) is 0 Å². The van der Waals surface area contributed by atoms with E-state index in [-0.39, 0.29) is 81.7 Å². The van der Waals surface area contributed by atoms with E-state index in [9.17, 15) is 0 Å². The van der Waals surface area contributed by atoms with Crippen LogP contribution >= 0.6 is 0 Å². The molecule has 0 saturated heterocycles. The first-order valence-electron chi connectivity index (χ1n) is 2.00. The molecule has 0 atom stereocenters. The van der Waals surface area contributed by atoms with Crippen LogP contribution in [0.2, 0.25) is 0 Å². The molecule has 0 bridgehead atoms. The Hall–Kier alpha value is 2.86. The fourth-order valence-corrected chi connectivity index (χ4v) is 0. The fourth-order valence-electron chi connectivity index (χ4n) is 0. The molecule has 0 aliphatic heterocycles. The van der Waals surface area contributed by atoms with Crippen molar-refractivity contribution in [1.29, 1.82) is 0 Å². The summed E-state index contributed by atoms with van der Waals surface area (Å²) in [5.74, 6) is 0. The number of rotatable bonds is 0. The Morgan fingerprint density at radius 1 is 0.412 bits per heavy atom. The monoisotopic (exact) mass is 632 g/mol. The quantitative estimate of drug-likeness (QED) is 0.241. The summed E-state index contributed by atoms with van der Waals surface area (Å²) in [6.07, 6.45) is 0. The van der Waals surface area contributed by atoms with Crippen LogP contribution in [0.3, 0.4) is 0 Å². The third-order valence-corrected chi connectivity index (χ3v) is 0. The maximum absolute atomic E-state index is 8.59. The third-order valence-electron chi connectivity index (χ3n) is 0. The van der Waals surface area contributed by atoms with Crippen molar-refractivity contribution >= 4 is 0 Å². The van der Waals surface area contributed by atoms with Crippen LogP contribution in [0, 0.1) is 81.7 Å². The SMILES string of the molecule is [Nd+3].[Nd+3].[O]=[Cr](=[O])([O-])[O-].[O]=[Cr](=[O])([O-])[O-].[O]=[Cr](=[O])([O-])[O-]. The molecule has 0 rings (SSSR count). The molecule has 17 heteroatoms. The molecule has 0 fully saturated rings. The Labute approximate surface area is 167 Å². The predicted octanol–water partition coefficient (Wildman–Crippen LogP) is -7.85. The van der Waals surface area contributed by atoms with Gasteiger partial charge in [-0.1, -0.05) is 0 Å². The van der Waals surface area contributed by atoms with Crippen molar-refractivity contribution in [3.63, 3.8) is 0 Å². The second kappa shape index (κ2) is 13.8. The van der Waals surface area contributed by atoms with E-state index in [0.717, 1.165) is 0 Å². The van der Waals surface area contributed by atoms with Gasteiger partial charge in [0.1, 0.15) is 0 Å². The van der Waals surface area contributed by atoms with Crippen molar-refractivity contribution in [2.75, 3.05) is 0 Å². The molecule has 0 aromatic carbocycles. The van der Waals surface area contributed by atoms with Crippen LogP contribution in [0.1, 0.15) is 0 Å². The molecule has 0 amide bonds. The van der Waals surface area contributed by atoms with Crippen LogP contribution in [-0.4, -0.2) is 0 Å². The Kier molecular flexibility index (Phi) is 26.0. The van der Waals surface area contributed by atoms with Crippen molar-refractivity contribution in [1.82, 2.24) is 0 Å². The standard InChI is InChI=1S/3Cr.2Nd.12O/q;;;2*+3;;;;;;;6*-1. The molecule has 0 unspecified atom stereocenters. The van der Waals surface area contributed by atoms with Crippen LogP contribution in [0.4, 0.5) is 0 Å². The Balaban J connectivity index is -0.0000000400. The van der Waals surface area contributed by atoms with Crippen molar-refractivity contribution in [3.8, 4) is 0 Å². The summed E-state index contributed by atoms with van der Waals surface area (Å²) in [5.41, 5.74) is 0. The van der Waals surface area contributed by atoms with Gasteiger partial charge in [0.05, 0.1) is 0 Å². The molecular formula is Cr3Nd2O12. The van der Waals surface area contributed by atoms with Gasteiger partial charge in [-0.05, 0) is 0 Å². The molecule has 98 valence electrons. The zero-order valence-corrected chi connectivity index (χ0v) is 17.4. The van der Waals surface area contributed by atoms with Crippen LogP contribution in [-0.2, 0) is 63.7 Å². The van der Waals surface area contributed by atoms with Gasteiger partial charge in [-0.3, -0.25) is 0 Å². The van der Waals surface area contributed by atoms with Gasteiger partial charge in [0.2, 0.25) is 0 Å². The van der Waals surface area contributed by atoms with Gasteiger partial charge in [0, 0.05) is 0 Å². The Morgan fingerprint density at radius 3 is 0.412 bits per heavy atom. The molecule has 0 saturated carbocycles. The summed E-state index contributed by atoms with van der Waals surface area (Å²) in [6, 6.07) is 0. The summed E-state index contributed by atoms with van der Waals surface area (Å²) in [4.78, 5) is 0. The van der Waals surface area contributed by atoms with Crippen molar-refractivity contribution in [3.05, 3.63) is 0 Å². The van der Waals surface area contributed by atoms with E-state index in [1.54, 1.807) is 0 Å². The third kappa shape index (κ3) is 656. The molecule has 0 N–H and O–H groups in total. The molecule has 0 aromatic rings. The number of hydrogen-bond acceptors (Lipinski definition) is 12. The van der Waals surface area contributed by atoms with Crippen molar-refractivity contribution in [2.24, 2.45) is 0 Å². The summed E-state index contributed by atoms with van der Waals surface area (Å²) in [7, 11) is 0. The second-order valence-corrected chi connectivity index (χ2v) is 5.05. The van der Waals surface area contributed by atoms with Gasteiger partial charge in [0.15, 0.2) is 0 Å².